The van der Waals surface area contributed by atoms with E-state index in [0.717, 1.165) is 5.56 Å². The Bertz CT molecular complexity index is 975. The van der Waals surface area contributed by atoms with Crippen LogP contribution >= 0.6 is 0 Å². The molecule has 148 valence electrons. The summed E-state index contributed by atoms with van der Waals surface area (Å²) in [5.41, 5.74) is 1.84. The van der Waals surface area contributed by atoms with Gasteiger partial charge in [-0.05, 0) is 48.0 Å². The molecule has 6 heteroatoms. The molecule has 0 saturated carbocycles. The van der Waals surface area contributed by atoms with Crippen molar-refractivity contribution in [2.24, 2.45) is 0 Å². The maximum absolute atomic E-state index is 13.2. The average Bonchev–Trinajstić information content (AvgIpc) is 2.72. The average molecular weight is 392 g/mol. The van der Waals surface area contributed by atoms with Gasteiger partial charge in [0.15, 0.2) is 0 Å². The summed E-state index contributed by atoms with van der Waals surface area (Å²) in [6.07, 6.45) is 0. The highest BCUT2D eigenvalue weighted by atomic mass is 19.1. The van der Waals surface area contributed by atoms with Gasteiger partial charge < -0.3 is 15.0 Å². The van der Waals surface area contributed by atoms with Crippen LogP contribution < -0.4 is 10.1 Å². The number of carbonyl (C=O) groups excluding carboxylic acids is 2. The van der Waals surface area contributed by atoms with Crippen LogP contribution in [-0.4, -0.2) is 30.3 Å². The number of halogens is 1. The molecule has 0 aromatic heterocycles. The molecule has 0 fully saturated rings. The van der Waals surface area contributed by atoms with Gasteiger partial charge in [-0.3, -0.25) is 9.59 Å². The number of ether oxygens (including phenoxy) is 1. The number of hydrogen-bond donors (Lipinski definition) is 1. The lowest BCUT2D eigenvalue weighted by Crippen LogP contribution is -2.34. The molecule has 0 radical (unpaired) electrons. The highest BCUT2D eigenvalue weighted by Crippen LogP contribution is 2.15. The van der Waals surface area contributed by atoms with Gasteiger partial charge in [0.2, 0.25) is 5.91 Å². The molecule has 0 unspecified atom stereocenters. The van der Waals surface area contributed by atoms with Crippen LogP contribution in [0.25, 0.3) is 0 Å². The van der Waals surface area contributed by atoms with Crippen LogP contribution in [0.15, 0.2) is 78.9 Å². The maximum atomic E-state index is 13.2. The molecule has 0 aliphatic carbocycles. The third kappa shape index (κ3) is 5.90. The zero-order valence-corrected chi connectivity index (χ0v) is 16.0. The number of likely N-dealkylation sites (N-methyl/N-ethyl adjacent to an activating group) is 1. The van der Waals surface area contributed by atoms with Gasteiger partial charge in [-0.25, -0.2) is 4.39 Å². The normalized spacial score (nSPS) is 10.3. The quantitative estimate of drug-likeness (QED) is 0.658. The van der Waals surface area contributed by atoms with Crippen molar-refractivity contribution in [2.45, 2.75) is 6.61 Å². The van der Waals surface area contributed by atoms with Gasteiger partial charge in [0.05, 0.1) is 6.54 Å². The summed E-state index contributed by atoms with van der Waals surface area (Å²) >= 11 is 0. The molecule has 0 saturated heterocycles. The van der Waals surface area contributed by atoms with E-state index < -0.39 is 11.7 Å². The minimum absolute atomic E-state index is 0.151. The molecule has 0 atom stereocenters. The van der Waals surface area contributed by atoms with Crippen molar-refractivity contribution in [3.63, 3.8) is 0 Å². The standard InChI is InChI=1S/C23H21FN2O3/c1-26(15-22(27)25-20-9-5-8-19(24)14-20)23(28)18-10-12-21(13-11-18)29-16-17-6-3-2-4-7-17/h2-14H,15-16H2,1H3,(H,25,27). The highest BCUT2D eigenvalue weighted by Gasteiger charge is 2.15. The number of anilines is 1. The lowest BCUT2D eigenvalue weighted by Gasteiger charge is -2.17. The minimum Gasteiger partial charge on any atom is -0.489 e. The molecule has 2 amide bonds. The second kappa shape index (κ2) is 9.50. The maximum Gasteiger partial charge on any atom is 0.254 e. The Labute approximate surface area is 168 Å². The van der Waals surface area contributed by atoms with E-state index in [1.807, 2.05) is 30.3 Å². The summed E-state index contributed by atoms with van der Waals surface area (Å²) in [5.74, 6) is -0.498. The number of nitrogens with one attached hydrogen (secondary N) is 1. The van der Waals surface area contributed by atoms with Crippen LogP contribution in [0.4, 0.5) is 10.1 Å². The molecule has 0 aliphatic rings. The lowest BCUT2D eigenvalue weighted by atomic mass is 10.2. The summed E-state index contributed by atoms with van der Waals surface area (Å²) in [5, 5.41) is 2.57. The van der Waals surface area contributed by atoms with E-state index in [1.54, 1.807) is 30.3 Å². The van der Waals surface area contributed by atoms with Gasteiger partial charge in [-0.1, -0.05) is 36.4 Å². The van der Waals surface area contributed by atoms with Crippen molar-refractivity contribution in [3.05, 3.63) is 95.8 Å². The highest BCUT2D eigenvalue weighted by molar-refractivity contribution is 5.99. The van der Waals surface area contributed by atoms with Crippen LogP contribution in [0.5, 0.6) is 5.75 Å². The Balaban J connectivity index is 1.53. The predicted molar refractivity (Wildman–Crippen MR) is 109 cm³/mol. The van der Waals surface area contributed by atoms with Crippen LogP contribution in [0.3, 0.4) is 0 Å². The van der Waals surface area contributed by atoms with Gasteiger partial charge in [0, 0.05) is 18.3 Å². The lowest BCUT2D eigenvalue weighted by molar-refractivity contribution is -0.116. The van der Waals surface area contributed by atoms with Crippen LogP contribution in [-0.2, 0) is 11.4 Å². The van der Waals surface area contributed by atoms with Crippen molar-refractivity contribution in [2.75, 3.05) is 18.9 Å². The molecule has 0 aliphatic heterocycles. The fourth-order valence-electron chi connectivity index (χ4n) is 2.71. The van der Waals surface area contributed by atoms with Gasteiger partial charge in [-0.15, -0.1) is 0 Å². The van der Waals surface area contributed by atoms with E-state index in [1.165, 1.54) is 30.1 Å². The first-order chi connectivity index (χ1) is 14.0. The van der Waals surface area contributed by atoms with E-state index in [9.17, 15) is 14.0 Å². The fraction of sp³-hybridized carbons (Fsp3) is 0.130. The van der Waals surface area contributed by atoms with Gasteiger partial charge >= 0.3 is 0 Å². The first-order valence-electron chi connectivity index (χ1n) is 9.09. The fourth-order valence-corrected chi connectivity index (χ4v) is 2.71. The Morgan fingerprint density at radius 3 is 2.38 bits per heavy atom. The van der Waals surface area contributed by atoms with E-state index in [2.05, 4.69) is 5.32 Å². The molecule has 5 nitrogen and oxygen atoms in total. The number of nitrogens with zero attached hydrogens (tertiary/aromatic N) is 1. The van der Waals surface area contributed by atoms with Crippen LogP contribution in [0.1, 0.15) is 15.9 Å². The van der Waals surface area contributed by atoms with Crippen molar-refractivity contribution >= 4 is 17.5 Å². The van der Waals surface area contributed by atoms with Crippen LogP contribution in [0, 0.1) is 5.82 Å². The van der Waals surface area contributed by atoms with E-state index in [4.69, 9.17) is 4.74 Å². The zero-order valence-electron chi connectivity index (χ0n) is 16.0. The summed E-state index contributed by atoms with van der Waals surface area (Å²) in [7, 11) is 1.54. The third-order valence-corrected chi connectivity index (χ3v) is 4.19. The Morgan fingerprint density at radius 1 is 0.966 bits per heavy atom. The Kier molecular flexibility index (Phi) is 6.58. The number of benzene rings is 3. The molecular weight excluding hydrogens is 371 g/mol. The summed E-state index contributed by atoms with van der Waals surface area (Å²) in [6.45, 7) is 0.288. The number of rotatable bonds is 7. The molecule has 0 spiro atoms. The van der Waals surface area contributed by atoms with Crippen molar-refractivity contribution < 1.29 is 18.7 Å². The molecule has 29 heavy (non-hydrogen) atoms. The Hall–Kier alpha value is -3.67. The van der Waals surface area contributed by atoms with E-state index in [0.29, 0.717) is 23.6 Å². The van der Waals surface area contributed by atoms with Gasteiger partial charge in [-0.2, -0.15) is 0 Å². The summed E-state index contributed by atoms with van der Waals surface area (Å²) in [6, 6.07) is 22.1. The topological polar surface area (TPSA) is 58.6 Å². The SMILES string of the molecule is CN(CC(=O)Nc1cccc(F)c1)C(=O)c1ccc(OCc2ccccc2)cc1. The van der Waals surface area contributed by atoms with Crippen LogP contribution in [0.2, 0.25) is 0 Å². The monoisotopic (exact) mass is 392 g/mol. The summed E-state index contributed by atoms with van der Waals surface area (Å²) < 4.78 is 18.9. The first kappa shape index (κ1) is 20.1. The Morgan fingerprint density at radius 2 is 1.69 bits per heavy atom. The number of carbonyl (C=O) groups is 2. The van der Waals surface area contributed by atoms with Gasteiger partial charge in [0.25, 0.3) is 5.91 Å². The van der Waals surface area contributed by atoms with Crippen molar-refractivity contribution in [3.8, 4) is 5.75 Å². The minimum atomic E-state index is -0.443. The van der Waals surface area contributed by atoms with Gasteiger partial charge in [0.1, 0.15) is 18.2 Å². The second-order valence-corrected chi connectivity index (χ2v) is 6.52. The molecule has 3 rings (SSSR count). The zero-order chi connectivity index (χ0) is 20.6. The van der Waals surface area contributed by atoms with Crippen molar-refractivity contribution in [1.29, 1.82) is 0 Å². The molecule has 3 aromatic rings. The third-order valence-electron chi connectivity index (χ3n) is 4.19. The largest absolute Gasteiger partial charge is 0.489 e. The van der Waals surface area contributed by atoms with E-state index in [-0.39, 0.29) is 12.5 Å². The molecule has 0 heterocycles. The number of hydrogen-bond acceptors (Lipinski definition) is 3. The van der Waals surface area contributed by atoms with Crippen molar-refractivity contribution in [1.82, 2.24) is 4.90 Å². The molecule has 0 bridgehead atoms. The molecule has 3 aromatic carbocycles. The second-order valence-electron chi connectivity index (χ2n) is 6.52. The smallest absolute Gasteiger partial charge is 0.254 e. The molecule has 1 N–H and O–H groups in total. The number of amides is 2. The first-order valence-corrected chi connectivity index (χ1v) is 9.09. The van der Waals surface area contributed by atoms with E-state index >= 15 is 0 Å². The molecular formula is C23H21FN2O3. The summed E-state index contributed by atoms with van der Waals surface area (Å²) in [4.78, 5) is 25.9. The predicted octanol–water partition coefficient (Wildman–Crippen LogP) is 4.12.